The molecule has 0 saturated heterocycles. The van der Waals surface area contributed by atoms with Crippen molar-refractivity contribution in [3.63, 3.8) is 0 Å². The Kier molecular flexibility index (Phi) is 6.25. The maximum atomic E-state index is 14.3. The second kappa shape index (κ2) is 10.6. The zero-order chi connectivity index (χ0) is 33.4. The molecule has 0 aliphatic rings. The van der Waals surface area contributed by atoms with Gasteiger partial charge < -0.3 is 9.97 Å². The van der Waals surface area contributed by atoms with E-state index in [2.05, 4.69) is 58.5 Å². The maximum Gasteiger partial charge on any atom is 0.212 e. The lowest BCUT2D eigenvalue weighted by atomic mass is 10.1. The number of fused-ring (bicyclic) bond motifs is 14. The van der Waals surface area contributed by atoms with Gasteiger partial charge >= 0.3 is 0 Å². The highest BCUT2D eigenvalue weighted by Crippen LogP contribution is 2.45. The number of para-hydroxylation sites is 2. The van der Waals surface area contributed by atoms with Crippen molar-refractivity contribution in [1.82, 2.24) is 19.9 Å². The Bertz CT molecular complexity index is 3240. The molecule has 0 saturated carbocycles. The van der Waals surface area contributed by atoms with Crippen molar-refractivity contribution in [3.05, 3.63) is 93.2 Å². The summed E-state index contributed by atoms with van der Waals surface area (Å²) in [6.45, 7) is 0. The van der Waals surface area contributed by atoms with Crippen molar-refractivity contribution in [2.75, 3.05) is 12.5 Å². The van der Waals surface area contributed by atoms with Crippen LogP contribution in [0.1, 0.15) is 0 Å². The van der Waals surface area contributed by atoms with Crippen molar-refractivity contribution in [2.45, 2.75) is 9.79 Å². The van der Waals surface area contributed by atoms with Crippen molar-refractivity contribution >= 4 is 172 Å². The molecule has 12 heteroatoms. The summed E-state index contributed by atoms with van der Waals surface area (Å²) in [5.41, 5.74) is 7.47. The average Bonchev–Trinajstić information content (AvgIpc) is 3.68. The molecule has 0 aliphatic heterocycles. The highest BCUT2D eigenvalue weighted by molar-refractivity contribution is 7.99. The molecular formula is C38H20N4O2S6. The van der Waals surface area contributed by atoms with E-state index >= 15 is 0 Å². The third-order valence-electron chi connectivity index (χ3n) is 9.39. The molecule has 50 heavy (non-hydrogen) atoms. The molecule has 0 aliphatic carbocycles. The molecule has 6 aromatic carbocycles. The molecule has 0 atom stereocenters. The Labute approximate surface area is 305 Å². The molecule has 240 valence electrons. The molecule has 11 rings (SSSR count). The monoisotopic (exact) mass is 756 g/mol. The maximum absolute atomic E-state index is 14.3. The van der Waals surface area contributed by atoms with Gasteiger partial charge in [-0.2, -0.15) is 0 Å². The van der Waals surface area contributed by atoms with Crippen LogP contribution in [-0.4, -0.2) is 32.4 Å². The fourth-order valence-electron chi connectivity index (χ4n) is 7.13. The van der Waals surface area contributed by atoms with E-state index in [4.69, 9.17) is 9.97 Å². The number of benzene rings is 6. The predicted octanol–water partition coefficient (Wildman–Crippen LogP) is 11.6. The molecule has 0 unspecified atom stereocenters. The summed E-state index contributed by atoms with van der Waals surface area (Å²) in [5.74, 6) is 0. The van der Waals surface area contributed by atoms with Crippen molar-refractivity contribution in [2.24, 2.45) is 0 Å². The second-order valence-corrected chi connectivity index (χ2v) is 17.9. The van der Waals surface area contributed by atoms with Crippen LogP contribution in [0.15, 0.2) is 92.2 Å². The lowest BCUT2D eigenvalue weighted by Gasteiger charge is -2.11. The molecule has 0 radical (unpaired) electrons. The summed E-state index contributed by atoms with van der Waals surface area (Å²) in [6, 6.07) is 25.1. The SMILES string of the molecule is CSc1c(=O)c2sc3c(sc2c2nc4cc5c(cc4sc12)[nH]c1ccccc15)c(=O)c(SC)c1sc2cc4[nH]c5ccccc5c4cc2nc13. The number of thioether (sulfide) groups is 2. The van der Waals surface area contributed by atoms with Crippen LogP contribution in [-0.2, 0) is 0 Å². The molecule has 2 N–H and O–H groups in total. The molecule has 5 aromatic heterocycles. The summed E-state index contributed by atoms with van der Waals surface area (Å²) < 4.78 is 6.45. The third kappa shape index (κ3) is 3.97. The quantitative estimate of drug-likeness (QED) is 0.104. The van der Waals surface area contributed by atoms with Crippen molar-refractivity contribution in [3.8, 4) is 0 Å². The molecule has 0 bridgehead atoms. The van der Waals surface area contributed by atoms with Gasteiger partial charge in [-0.05, 0) is 48.9 Å². The van der Waals surface area contributed by atoms with Gasteiger partial charge in [-0.25, -0.2) is 9.97 Å². The van der Waals surface area contributed by atoms with Crippen LogP contribution < -0.4 is 10.9 Å². The van der Waals surface area contributed by atoms with Gasteiger partial charge in [0, 0.05) is 43.6 Å². The standard InChI is InChI=1S/C38H20N4O2S6/c1-45-35-29(43)37-33(27-31(35)47-25-13-21-17(11-23(25)41-27)15-7-3-5-9-19(15)39-21)50-38-30(44)36(46-2)32-28(34(38)49-37)42-24-12-18-16-8-4-6-10-20(16)40-22(18)14-26(24)48-32/h3-14,39-40H,1-2H3. The first-order chi connectivity index (χ1) is 24.5. The summed E-state index contributed by atoms with van der Waals surface area (Å²) in [7, 11) is 0. The summed E-state index contributed by atoms with van der Waals surface area (Å²) in [6.07, 6.45) is 3.90. The Balaban J connectivity index is 1.27. The van der Waals surface area contributed by atoms with Crippen molar-refractivity contribution in [1.29, 1.82) is 0 Å². The highest BCUT2D eigenvalue weighted by atomic mass is 32.2. The lowest BCUT2D eigenvalue weighted by Crippen LogP contribution is -2.07. The van der Waals surface area contributed by atoms with Gasteiger partial charge in [-0.15, -0.1) is 68.9 Å². The molecule has 0 fully saturated rings. The van der Waals surface area contributed by atoms with E-state index in [-0.39, 0.29) is 10.9 Å². The van der Waals surface area contributed by atoms with E-state index in [1.807, 2.05) is 36.8 Å². The van der Waals surface area contributed by atoms with Crippen LogP contribution in [0.2, 0.25) is 0 Å². The molecule has 6 nitrogen and oxygen atoms in total. The smallest absolute Gasteiger partial charge is 0.212 e. The van der Waals surface area contributed by atoms with Gasteiger partial charge in [0.2, 0.25) is 10.9 Å². The van der Waals surface area contributed by atoms with Gasteiger partial charge in [-0.1, -0.05) is 36.4 Å². The number of hydrogen-bond acceptors (Lipinski definition) is 10. The Morgan fingerprint density at radius 3 is 1.38 bits per heavy atom. The third-order valence-corrected chi connectivity index (χ3v) is 16.2. The largest absolute Gasteiger partial charge is 0.354 e. The van der Waals surface area contributed by atoms with E-state index in [9.17, 15) is 9.59 Å². The first-order valence-corrected chi connectivity index (χ1v) is 21.3. The van der Waals surface area contributed by atoms with Crippen LogP contribution in [0.25, 0.3) is 103 Å². The average molecular weight is 757 g/mol. The predicted molar refractivity (Wildman–Crippen MR) is 222 cm³/mol. The first-order valence-electron chi connectivity index (χ1n) is 15.6. The van der Waals surface area contributed by atoms with E-state index in [0.717, 1.165) is 93.9 Å². The van der Waals surface area contributed by atoms with E-state index < -0.39 is 0 Å². The number of aromatic amines is 2. The van der Waals surface area contributed by atoms with E-state index in [0.29, 0.717) is 19.2 Å². The van der Waals surface area contributed by atoms with Crippen LogP contribution in [0, 0.1) is 0 Å². The van der Waals surface area contributed by atoms with Crippen LogP contribution in [0.4, 0.5) is 0 Å². The zero-order valence-electron chi connectivity index (χ0n) is 26.1. The van der Waals surface area contributed by atoms with Crippen LogP contribution >= 0.6 is 68.9 Å². The number of rotatable bonds is 2. The summed E-state index contributed by atoms with van der Waals surface area (Å²) >= 11 is 8.87. The molecule has 0 amide bonds. The molecule has 0 spiro atoms. The minimum absolute atomic E-state index is 0.0215. The number of nitrogens with one attached hydrogen (secondary N) is 2. The Hall–Kier alpha value is -4.30. The number of H-pyrrole nitrogens is 2. The summed E-state index contributed by atoms with van der Waals surface area (Å²) in [5, 5.41) is 4.52. The number of aromatic nitrogens is 4. The fraction of sp³-hybridized carbons (Fsp3) is 0.0526. The van der Waals surface area contributed by atoms with Crippen LogP contribution in [0.5, 0.6) is 0 Å². The minimum Gasteiger partial charge on any atom is -0.354 e. The highest BCUT2D eigenvalue weighted by Gasteiger charge is 2.23. The molecule has 5 heterocycles. The van der Waals surface area contributed by atoms with E-state index in [1.165, 1.54) is 46.2 Å². The fourth-order valence-corrected chi connectivity index (χ4v) is 13.9. The minimum atomic E-state index is -0.0215. The van der Waals surface area contributed by atoms with Gasteiger partial charge in [-0.3, -0.25) is 9.59 Å². The molecular weight excluding hydrogens is 737 g/mol. The summed E-state index contributed by atoms with van der Waals surface area (Å²) in [4.78, 5) is 47.7. The zero-order valence-corrected chi connectivity index (χ0v) is 31.0. The number of nitrogens with zero attached hydrogens (tertiary/aromatic N) is 2. The normalized spacial score (nSPS) is 12.5. The van der Waals surface area contributed by atoms with E-state index in [1.54, 1.807) is 22.7 Å². The molecule has 11 aromatic rings. The Morgan fingerprint density at radius 1 is 0.500 bits per heavy atom. The topological polar surface area (TPSA) is 91.5 Å². The lowest BCUT2D eigenvalue weighted by molar-refractivity contribution is 1.48. The first kappa shape index (κ1) is 29.4. The van der Waals surface area contributed by atoms with Gasteiger partial charge in [0.05, 0.1) is 58.4 Å². The Morgan fingerprint density at radius 2 is 0.940 bits per heavy atom. The number of hydrogen-bond donors (Lipinski definition) is 2. The second-order valence-electron chi connectivity index (χ2n) is 12.1. The van der Waals surface area contributed by atoms with Crippen LogP contribution in [0.3, 0.4) is 0 Å². The van der Waals surface area contributed by atoms with Gasteiger partial charge in [0.1, 0.15) is 11.0 Å². The van der Waals surface area contributed by atoms with Gasteiger partial charge in [0.15, 0.2) is 0 Å². The van der Waals surface area contributed by atoms with Gasteiger partial charge in [0.25, 0.3) is 0 Å². The van der Waals surface area contributed by atoms with Crippen molar-refractivity contribution < 1.29 is 0 Å².